The van der Waals surface area contributed by atoms with Crippen LogP contribution in [0.25, 0.3) is 0 Å². The smallest absolute Gasteiger partial charge is 0.199 e. The van der Waals surface area contributed by atoms with Crippen LogP contribution in [0.15, 0.2) is 29.8 Å². The lowest BCUT2D eigenvalue weighted by Crippen LogP contribution is -2.43. The highest BCUT2D eigenvalue weighted by atomic mass is 16.7. The summed E-state index contributed by atoms with van der Waals surface area (Å²) in [5.74, 6) is 3.89. The third kappa shape index (κ3) is 3.35. The van der Waals surface area contributed by atoms with Gasteiger partial charge >= 0.3 is 0 Å². The van der Waals surface area contributed by atoms with Crippen molar-refractivity contribution in [2.45, 2.75) is 77.4 Å². The molecule has 5 unspecified atom stereocenters. The van der Waals surface area contributed by atoms with Crippen molar-refractivity contribution in [3.63, 3.8) is 0 Å². The highest BCUT2D eigenvalue weighted by Crippen LogP contribution is 2.63. The average Bonchev–Trinajstić information content (AvgIpc) is 3.05. The fraction of sp³-hybridized carbons (Fsp3) is 0.692. The van der Waals surface area contributed by atoms with E-state index in [1.54, 1.807) is 5.56 Å². The van der Waals surface area contributed by atoms with Crippen molar-refractivity contribution in [3.05, 3.63) is 41.0 Å². The van der Waals surface area contributed by atoms with E-state index >= 15 is 0 Å². The van der Waals surface area contributed by atoms with Crippen LogP contribution in [0.2, 0.25) is 0 Å². The quantitative estimate of drug-likeness (QED) is 0.675. The molecule has 0 amide bonds. The lowest BCUT2D eigenvalue weighted by Gasteiger charge is -2.52. The van der Waals surface area contributed by atoms with E-state index in [1.165, 1.54) is 43.2 Å². The predicted molar refractivity (Wildman–Crippen MR) is 115 cm³/mol. The molecule has 1 aromatic rings. The Bertz CT molecular complexity index is 778. The summed E-state index contributed by atoms with van der Waals surface area (Å²) in [4.78, 5) is 0. The highest BCUT2D eigenvalue weighted by Gasteiger charge is 2.54. The molecule has 5 rings (SSSR count). The third-order valence-electron chi connectivity index (χ3n) is 8.64. The van der Waals surface area contributed by atoms with Gasteiger partial charge < -0.3 is 14.6 Å². The Balaban J connectivity index is 1.39. The Labute approximate surface area is 175 Å². The zero-order valence-corrected chi connectivity index (χ0v) is 18.0. The molecule has 1 saturated heterocycles. The second kappa shape index (κ2) is 7.74. The largest absolute Gasteiger partial charge is 0.465 e. The molecule has 0 aromatic heterocycles. The fourth-order valence-corrected chi connectivity index (χ4v) is 7.28. The van der Waals surface area contributed by atoms with Gasteiger partial charge in [-0.3, -0.25) is 0 Å². The van der Waals surface area contributed by atoms with Crippen molar-refractivity contribution in [1.82, 2.24) is 0 Å². The van der Waals surface area contributed by atoms with Crippen molar-refractivity contribution in [2.75, 3.05) is 13.2 Å². The van der Waals surface area contributed by atoms with Gasteiger partial charge in [0.2, 0.25) is 0 Å². The predicted octanol–water partition coefficient (Wildman–Crippen LogP) is 5.61. The topological polar surface area (TPSA) is 38.7 Å². The van der Waals surface area contributed by atoms with Crippen LogP contribution < -0.4 is 4.74 Å². The first-order valence-corrected chi connectivity index (χ1v) is 11.8. The molecule has 3 aliphatic carbocycles. The molecular formula is C26H36O3. The molecule has 3 fully saturated rings. The average molecular weight is 397 g/mol. The van der Waals surface area contributed by atoms with Crippen LogP contribution >= 0.6 is 0 Å². The maximum Gasteiger partial charge on any atom is 0.199 e. The number of rotatable bonds is 3. The van der Waals surface area contributed by atoms with Crippen LogP contribution in [0.4, 0.5) is 0 Å². The molecule has 6 atom stereocenters. The molecule has 3 nitrogen and oxygen atoms in total. The number of benzene rings is 1. The van der Waals surface area contributed by atoms with Crippen LogP contribution in [0.5, 0.6) is 5.75 Å². The Morgan fingerprint density at radius 1 is 1.24 bits per heavy atom. The summed E-state index contributed by atoms with van der Waals surface area (Å²) >= 11 is 0. The highest BCUT2D eigenvalue weighted by molar-refractivity contribution is 5.42. The van der Waals surface area contributed by atoms with Crippen LogP contribution in [0.1, 0.15) is 75.8 Å². The molecule has 0 bridgehead atoms. The van der Waals surface area contributed by atoms with E-state index in [4.69, 9.17) is 9.47 Å². The van der Waals surface area contributed by atoms with Gasteiger partial charge in [-0.15, -0.1) is 0 Å². The van der Waals surface area contributed by atoms with Gasteiger partial charge in [-0.05, 0) is 97.3 Å². The van der Waals surface area contributed by atoms with Crippen molar-refractivity contribution >= 4 is 0 Å². The molecule has 1 aromatic carbocycles. The zero-order valence-electron chi connectivity index (χ0n) is 18.0. The molecule has 29 heavy (non-hydrogen) atoms. The van der Waals surface area contributed by atoms with Crippen LogP contribution in [-0.4, -0.2) is 24.6 Å². The van der Waals surface area contributed by atoms with E-state index < -0.39 is 0 Å². The van der Waals surface area contributed by atoms with Crippen LogP contribution in [0, 0.1) is 23.2 Å². The van der Waals surface area contributed by atoms with Gasteiger partial charge in [0.25, 0.3) is 0 Å². The van der Waals surface area contributed by atoms with E-state index in [0.29, 0.717) is 17.3 Å². The van der Waals surface area contributed by atoms with Crippen molar-refractivity contribution < 1.29 is 14.6 Å². The molecule has 1 aliphatic heterocycles. The molecular weight excluding hydrogens is 360 g/mol. The van der Waals surface area contributed by atoms with Crippen molar-refractivity contribution in [1.29, 1.82) is 0 Å². The summed E-state index contributed by atoms with van der Waals surface area (Å²) < 4.78 is 11.9. The van der Waals surface area contributed by atoms with Gasteiger partial charge in [0, 0.05) is 6.42 Å². The van der Waals surface area contributed by atoms with Gasteiger partial charge in [0.05, 0.1) is 13.2 Å². The minimum atomic E-state index is -0.0684. The monoisotopic (exact) mass is 396 g/mol. The van der Waals surface area contributed by atoms with E-state index in [-0.39, 0.29) is 12.9 Å². The number of fused-ring (bicyclic) bond motifs is 5. The number of allylic oxidation sites excluding steroid dienone is 1. The summed E-state index contributed by atoms with van der Waals surface area (Å²) in [6, 6.07) is 6.85. The fourth-order valence-electron chi connectivity index (χ4n) is 7.28. The Morgan fingerprint density at radius 3 is 2.93 bits per heavy atom. The summed E-state index contributed by atoms with van der Waals surface area (Å²) in [5, 5.41) is 9.49. The van der Waals surface area contributed by atoms with E-state index in [0.717, 1.165) is 43.5 Å². The lowest BCUT2D eigenvalue weighted by molar-refractivity contribution is -0.105. The zero-order chi connectivity index (χ0) is 20.0. The second-order valence-electron chi connectivity index (χ2n) is 10.2. The first kappa shape index (κ1) is 19.6. The standard InChI is InChI=1S/C26H36O3/c1-17-15-18-16-20(29-24-5-3-4-14-28-24)7-8-21(18)22-10-12-26(2)19(11-13-27)6-9-23(26)25(17)22/h7-8,11,16-17,22-25,27H,3-6,9-10,12-15H2,1-2H3/t17-,22?,23?,24?,25?,26?/m1/s1. The van der Waals surface area contributed by atoms with Crippen molar-refractivity contribution in [3.8, 4) is 5.75 Å². The molecule has 1 N–H and O–H groups in total. The van der Waals surface area contributed by atoms with Gasteiger partial charge in [0.1, 0.15) is 5.75 Å². The summed E-state index contributed by atoms with van der Waals surface area (Å²) in [5.41, 5.74) is 4.90. The number of aliphatic hydroxyl groups is 1. The molecule has 0 spiro atoms. The Morgan fingerprint density at radius 2 is 2.14 bits per heavy atom. The van der Waals surface area contributed by atoms with E-state index in [9.17, 15) is 5.11 Å². The molecule has 4 aliphatic rings. The van der Waals surface area contributed by atoms with E-state index in [1.807, 2.05) is 0 Å². The van der Waals surface area contributed by atoms with E-state index in [2.05, 4.69) is 38.1 Å². The lowest BCUT2D eigenvalue weighted by atomic mass is 9.52. The second-order valence-corrected chi connectivity index (χ2v) is 10.2. The number of ether oxygens (including phenoxy) is 2. The number of aliphatic hydroxyl groups excluding tert-OH is 1. The van der Waals surface area contributed by atoms with Gasteiger partial charge in [-0.25, -0.2) is 0 Å². The molecule has 0 radical (unpaired) electrons. The van der Waals surface area contributed by atoms with Gasteiger partial charge in [-0.1, -0.05) is 31.6 Å². The molecule has 158 valence electrons. The number of hydrogen-bond acceptors (Lipinski definition) is 3. The molecule has 2 saturated carbocycles. The Kier molecular flexibility index (Phi) is 5.24. The normalized spacial score (nSPS) is 40.2. The maximum atomic E-state index is 9.49. The van der Waals surface area contributed by atoms with Gasteiger partial charge in [-0.2, -0.15) is 0 Å². The Hall–Kier alpha value is -1.32. The number of hydrogen-bond donors (Lipinski definition) is 1. The summed E-state index contributed by atoms with van der Waals surface area (Å²) in [7, 11) is 0. The first-order valence-electron chi connectivity index (χ1n) is 11.8. The summed E-state index contributed by atoms with van der Waals surface area (Å²) in [6.07, 6.45) is 11.5. The van der Waals surface area contributed by atoms with Crippen molar-refractivity contribution in [2.24, 2.45) is 23.2 Å². The minimum absolute atomic E-state index is 0.0684. The SMILES string of the molecule is C[C@@H]1Cc2cc(OC3CCCCO3)ccc2C2CCC3(C)C(=CCO)CCC3C21. The van der Waals surface area contributed by atoms with Gasteiger partial charge in [0.15, 0.2) is 6.29 Å². The van der Waals surface area contributed by atoms with Crippen LogP contribution in [-0.2, 0) is 11.2 Å². The first-order chi connectivity index (χ1) is 14.1. The van der Waals surface area contributed by atoms with Crippen LogP contribution in [0.3, 0.4) is 0 Å². The molecule has 3 heteroatoms. The summed E-state index contributed by atoms with van der Waals surface area (Å²) in [6.45, 7) is 5.96. The minimum Gasteiger partial charge on any atom is -0.465 e. The molecule has 1 heterocycles. The maximum absolute atomic E-state index is 9.49. The third-order valence-corrected chi connectivity index (χ3v) is 8.64.